The second kappa shape index (κ2) is 15.4. The van der Waals surface area contributed by atoms with Gasteiger partial charge in [0.05, 0.1) is 0 Å². The third-order valence-corrected chi connectivity index (χ3v) is 4.30. The summed E-state index contributed by atoms with van der Waals surface area (Å²) >= 11 is 0. The minimum Gasteiger partial charge on any atom is -0.907 e. The molecule has 0 aliphatic heterocycles. The summed E-state index contributed by atoms with van der Waals surface area (Å²) < 4.78 is 0. The van der Waals surface area contributed by atoms with Gasteiger partial charge >= 0.3 is 56.6 Å². The zero-order chi connectivity index (χ0) is 19.8. The third kappa shape index (κ3) is 8.58. The fourth-order valence-corrected chi connectivity index (χ4v) is 3.18. The van der Waals surface area contributed by atoms with Gasteiger partial charge in [-0.3, -0.25) is 7.32 Å². The first kappa shape index (κ1) is 29.6. The molecule has 31 heavy (non-hydrogen) atoms. The Balaban J connectivity index is 0.00000119. The van der Waals surface area contributed by atoms with Crippen LogP contribution in [0.15, 0.2) is 109 Å². The second-order valence-corrected chi connectivity index (χ2v) is 6.11. The molecule has 4 aromatic carbocycles. The Labute approximate surface area is 220 Å². The van der Waals surface area contributed by atoms with Crippen LogP contribution < -0.4 is 71.7 Å². The van der Waals surface area contributed by atoms with E-state index in [0.717, 1.165) is 0 Å². The van der Waals surface area contributed by atoms with E-state index in [-0.39, 0.29) is 56.6 Å². The van der Waals surface area contributed by atoms with E-state index >= 15 is 0 Å². The average Bonchev–Trinajstić information content (AvgIpc) is 2.75. The van der Waals surface area contributed by atoms with Crippen LogP contribution in [0.4, 0.5) is 0 Å². The van der Waals surface area contributed by atoms with Crippen LogP contribution in [0.3, 0.4) is 0 Å². The van der Waals surface area contributed by atoms with E-state index in [1.165, 1.54) is 33.4 Å². The van der Waals surface area contributed by atoms with Gasteiger partial charge in [-0.15, -0.1) is 0 Å². The third-order valence-electron chi connectivity index (χ3n) is 4.30. The Hall–Kier alpha value is -1.38. The molecule has 0 aromatic heterocycles. The summed E-state index contributed by atoms with van der Waals surface area (Å²) in [5.41, 5.74) is 7.56. The molecule has 4 rings (SSSR count). The molecule has 0 bridgehead atoms. The molecule has 0 aliphatic rings. The summed E-state index contributed by atoms with van der Waals surface area (Å²) in [6.07, 6.45) is 0. The predicted octanol–water partition coefficient (Wildman–Crippen LogP) is -6.25. The quantitative estimate of drug-likeness (QED) is 0.329. The number of benzene rings is 4. The minimum atomic E-state index is -2.92. The van der Waals surface area contributed by atoms with Crippen molar-refractivity contribution in [2.24, 2.45) is 0 Å². The number of rotatable bonds is 3. The van der Waals surface area contributed by atoms with Crippen molar-refractivity contribution in [1.29, 1.82) is 0 Å². The molecule has 0 radical (unpaired) electrons. The molecule has 0 saturated carbocycles. The largest absolute Gasteiger partial charge is 1.00 e. The van der Waals surface area contributed by atoms with Gasteiger partial charge in [0, 0.05) is 0 Å². The summed E-state index contributed by atoms with van der Waals surface area (Å²) in [5.74, 6) is 0. The van der Waals surface area contributed by atoms with E-state index in [4.69, 9.17) is 15.1 Å². The van der Waals surface area contributed by atoms with Crippen LogP contribution in [0, 0.1) is 0 Å². The molecule has 7 heteroatoms. The molecule has 0 saturated heterocycles. The van der Waals surface area contributed by atoms with Gasteiger partial charge in [-0.1, -0.05) is 109 Å². The van der Waals surface area contributed by atoms with Gasteiger partial charge < -0.3 is 15.1 Å². The van der Waals surface area contributed by atoms with E-state index in [1.54, 1.807) is 0 Å². The topological polar surface area (TPSA) is 69.2 Å². The normalized spacial score (nSPS) is 9.00. The molecule has 0 N–H and O–H groups in total. The zero-order valence-corrected chi connectivity index (χ0v) is 18.2. The van der Waals surface area contributed by atoms with Crippen molar-refractivity contribution >= 4 is 7.32 Å². The van der Waals surface area contributed by atoms with Gasteiger partial charge in [0.15, 0.2) is 0 Å². The van der Waals surface area contributed by atoms with Gasteiger partial charge in [0.2, 0.25) is 0 Å². The van der Waals surface area contributed by atoms with Crippen molar-refractivity contribution in [2.45, 2.75) is 0 Å². The molecule has 0 unspecified atom stereocenters. The molecule has 0 spiro atoms. The van der Waals surface area contributed by atoms with Crippen molar-refractivity contribution in [3.8, 4) is 33.4 Å². The van der Waals surface area contributed by atoms with Crippen LogP contribution in [0.25, 0.3) is 33.4 Å². The first-order valence-electron chi connectivity index (χ1n) is 8.93. The summed E-state index contributed by atoms with van der Waals surface area (Å²) in [6, 6.07) is 38.4. The van der Waals surface area contributed by atoms with Crippen molar-refractivity contribution in [3.05, 3.63) is 109 Å². The fraction of sp³-hybridized carbons (Fsp3) is 0. The smallest absolute Gasteiger partial charge is 0.907 e. The van der Waals surface area contributed by atoms with Crippen molar-refractivity contribution in [2.75, 3.05) is 0 Å². The summed E-state index contributed by atoms with van der Waals surface area (Å²) in [5, 5.41) is 25.2. The molecule has 0 atom stereocenters. The van der Waals surface area contributed by atoms with E-state index in [9.17, 15) is 0 Å². The van der Waals surface area contributed by atoms with Crippen LogP contribution in [0.1, 0.15) is 0 Å². The van der Waals surface area contributed by atoms with Gasteiger partial charge in [-0.2, -0.15) is 0 Å². The van der Waals surface area contributed by atoms with Crippen LogP contribution in [-0.4, -0.2) is 7.32 Å². The molecule has 138 valence electrons. The Kier molecular flexibility index (Phi) is 14.7. The molecule has 3 nitrogen and oxygen atoms in total. The summed E-state index contributed by atoms with van der Waals surface area (Å²) in [6.45, 7) is 0. The van der Waals surface area contributed by atoms with Crippen LogP contribution in [-0.2, 0) is 0 Å². The van der Waals surface area contributed by atoms with E-state index < -0.39 is 7.32 Å². The Morgan fingerprint density at radius 3 is 1.00 bits per heavy atom. The molecule has 0 aliphatic carbocycles. The monoisotopic (exact) mass is 386 g/mol. The molecule has 0 amide bonds. The van der Waals surface area contributed by atoms with E-state index in [1.807, 2.05) is 0 Å². The average molecular weight is 386 g/mol. The van der Waals surface area contributed by atoms with Crippen LogP contribution >= 0.6 is 0 Å². The summed E-state index contributed by atoms with van der Waals surface area (Å²) in [7, 11) is -2.92. The standard InChI is InChI=1S/C24H18.BO3.3Li/c1-4-11-19(12-5-1)22-17-10-18-23(20-13-6-2-7-14-20)24(22)21-15-8-3-9-16-21;2-1(3)4;;;/h1-18H;;;;/q;-3;3*+1. The SMILES string of the molecule is [Li+].[Li+].[Li+].[O-]B([O-])[O-].c1ccc(-c2cccc(-c3ccccc3)c2-c2ccccc2)cc1. The van der Waals surface area contributed by atoms with Gasteiger partial charge in [-0.05, 0) is 33.4 Å². The van der Waals surface area contributed by atoms with Crippen LogP contribution in [0.5, 0.6) is 0 Å². The van der Waals surface area contributed by atoms with Crippen LogP contribution in [0.2, 0.25) is 0 Å². The molecule has 0 fully saturated rings. The van der Waals surface area contributed by atoms with Crippen molar-refractivity contribution in [3.63, 3.8) is 0 Å². The van der Waals surface area contributed by atoms with Crippen molar-refractivity contribution < 1.29 is 71.7 Å². The maximum Gasteiger partial charge on any atom is 1.00 e. The molecule has 4 aromatic rings. The fourth-order valence-electron chi connectivity index (χ4n) is 3.18. The van der Waals surface area contributed by atoms with Crippen molar-refractivity contribution in [1.82, 2.24) is 0 Å². The second-order valence-electron chi connectivity index (χ2n) is 6.11. The van der Waals surface area contributed by atoms with E-state index in [2.05, 4.69) is 109 Å². The molecule has 0 heterocycles. The van der Waals surface area contributed by atoms with E-state index in [0.29, 0.717) is 0 Å². The maximum atomic E-state index is 8.42. The maximum absolute atomic E-state index is 8.42. The van der Waals surface area contributed by atoms with Gasteiger partial charge in [0.25, 0.3) is 0 Å². The van der Waals surface area contributed by atoms with Gasteiger partial charge in [-0.25, -0.2) is 0 Å². The molecular formula is C24H18BLi3O3. The predicted molar refractivity (Wildman–Crippen MR) is 109 cm³/mol. The zero-order valence-electron chi connectivity index (χ0n) is 18.2. The Bertz CT molecular complexity index is 942. The Morgan fingerprint density at radius 2 is 0.677 bits per heavy atom. The minimum absolute atomic E-state index is 0. The number of hydrogen-bond donors (Lipinski definition) is 0. The number of hydrogen-bond acceptors (Lipinski definition) is 3. The summed E-state index contributed by atoms with van der Waals surface area (Å²) in [4.78, 5) is 0. The Morgan fingerprint density at radius 1 is 0.387 bits per heavy atom. The first-order chi connectivity index (χ1) is 13.7. The molecular weight excluding hydrogens is 368 g/mol. The first-order valence-corrected chi connectivity index (χ1v) is 8.93. The van der Waals surface area contributed by atoms with Gasteiger partial charge in [0.1, 0.15) is 0 Å².